The number of thioether (sulfide) groups is 1. The second kappa shape index (κ2) is 6.79. The van der Waals surface area contributed by atoms with Gasteiger partial charge in [0.05, 0.1) is 11.8 Å². The minimum Gasteiger partial charge on any atom is -0.481 e. The molecule has 0 heterocycles. The standard InChI is InChI=1S/C15H19NO3S/c1-20-11-8-6-10(7-9-11)16-14(17)12-4-2-3-5-13(12)15(18)19/h6-9,12-13H,2-5H2,1H3,(H,16,17)(H,18,19)/t12-,13-/m1/s1. The third-order valence-electron chi connectivity index (χ3n) is 3.78. The maximum Gasteiger partial charge on any atom is 0.307 e. The first-order valence-corrected chi connectivity index (χ1v) is 8.02. The summed E-state index contributed by atoms with van der Waals surface area (Å²) in [5.74, 6) is -1.99. The van der Waals surface area contributed by atoms with Gasteiger partial charge in [0.25, 0.3) is 0 Å². The van der Waals surface area contributed by atoms with Crippen LogP contribution >= 0.6 is 11.8 Å². The first-order chi connectivity index (χ1) is 9.61. The van der Waals surface area contributed by atoms with E-state index in [-0.39, 0.29) is 5.91 Å². The molecular weight excluding hydrogens is 274 g/mol. The summed E-state index contributed by atoms with van der Waals surface area (Å²) in [4.78, 5) is 24.6. The lowest BCUT2D eigenvalue weighted by molar-refractivity contribution is -0.147. The van der Waals surface area contributed by atoms with E-state index in [4.69, 9.17) is 0 Å². The zero-order chi connectivity index (χ0) is 14.5. The zero-order valence-electron chi connectivity index (χ0n) is 11.5. The highest BCUT2D eigenvalue weighted by Gasteiger charge is 2.35. The van der Waals surface area contributed by atoms with Crippen molar-refractivity contribution in [3.63, 3.8) is 0 Å². The minimum absolute atomic E-state index is 0.172. The summed E-state index contributed by atoms with van der Waals surface area (Å²) in [6.45, 7) is 0. The lowest BCUT2D eigenvalue weighted by Gasteiger charge is -2.27. The van der Waals surface area contributed by atoms with Gasteiger partial charge in [0, 0.05) is 10.6 Å². The Kier molecular flexibility index (Phi) is 5.06. The quantitative estimate of drug-likeness (QED) is 0.836. The summed E-state index contributed by atoms with van der Waals surface area (Å²) < 4.78 is 0. The van der Waals surface area contributed by atoms with Crippen LogP contribution in [-0.2, 0) is 9.59 Å². The second-order valence-corrected chi connectivity index (χ2v) is 5.93. The van der Waals surface area contributed by atoms with E-state index in [0.29, 0.717) is 12.8 Å². The van der Waals surface area contributed by atoms with Gasteiger partial charge in [-0.1, -0.05) is 12.8 Å². The van der Waals surface area contributed by atoms with Gasteiger partial charge < -0.3 is 10.4 Å². The average molecular weight is 293 g/mol. The van der Waals surface area contributed by atoms with Crippen LogP contribution in [0, 0.1) is 11.8 Å². The van der Waals surface area contributed by atoms with Crippen molar-refractivity contribution in [2.45, 2.75) is 30.6 Å². The van der Waals surface area contributed by atoms with E-state index in [1.807, 2.05) is 30.5 Å². The molecule has 5 heteroatoms. The molecule has 1 fully saturated rings. The number of carboxylic acids is 1. The van der Waals surface area contributed by atoms with Crippen LogP contribution in [0.2, 0.25) is 0 Å². The second-order valence-electron chi connectivity index (χ2n) is 5.05. The Balaban J connectivity index is 2.03. The molecule has 0 radical (unpaired) electrons. The van der Waals surface area contributed by atoms with Gasteiger partial charge in [-0.15, -0.1) is 11.8 Å². The Hall–Kier alpha value is -1.49. The number of carbonyl (C=O) groups is 2. The van der Waals surface area contributed by atoms with Crippen LogP contribution in [0.25, 0.3) is 0 Å². The molecule has 2 rings (SSSR count). The van der Waals surface area contributed by atoms with Gasteiger partial charge in [-0.3, -0.25) is 9.59 Å². The Bertz CT molecular complexity index is 486. The summed E-state index contributed by atoms with van der Waals surface area (Å²) in [6.07, 6.45) is 5.06. The van der Waals surface area contributed by atoms with E-state index in [1.54, 1.807) is 11.8 Å². The molecule has 1 aliphatic carbocycles. The van der Waals surface area contributed by atoms with Crippen molar-refractivity contribution >= 4 is 29.3 Å². The largest absolute Gasteiger partial charge is 0.481 e. The molecule has 0 bridgehead atoms. The summed E-state index contributed by atoms with van der Waals surface area (Å²) in [6, 6.07) is 7.58. The molecule has 0 spiro atoms. The van der Waals surface area contributed by atoms with Crippen molar-refractivity contribution in [2.75, 3.05) is 11.6 Å². The number of hydrogen-bond acceptors (Lipinski definition) is 3. The number of benzene rings is 1. The smallest absolute Gasteiger partial charge is 0.307 e. The monoisotopic (exact) mass is 293 g/mol. The van der Waals surface area contributed by atoms with E-state index in [9.17, 15) is 14.7 Å². The van der Waals surface area contributed by atoms with Crippen LogP contribution in [-0.4, -0.2) is 23.2 Å². The summed E-state index contributed by atoms with van der Waals surface area (Å²) in [7, 11) is 0. The first-order valence-electron chi connectivity index (χ1n) is 6.79. The summed E-state index contributed by atoms with van der Waals surface area (Å²) >= 11 is 1.64. The molecule has 108 valence electrons. The Morgan fingerprint density at radius 1 is 1.15 bits per heavy atom. The zero-order valence-corrected chi connectivity index (χ0v) is 12.3. The van der Waals surface area contributed by atoms with Gasteiger partial charge in [0.2, 0.25) is 5.91 Å². The van der Waals surface area contributed by atoms with Crippen LogP contribution in [0.5, 0.6) is 0 Å². The van der Waals surface area contributed by atoms with Crippen molar-refractivity contribution in [2.24, 2.45) is 11.8 Å². The Morgan fingerprint density at radius 2 is 1.75 bits per heavy atom. The molecule has 0 aliphatic heterocycles. The fourth-order valence-electron chi connectivity index (χ4n) is 2.65. The number of amides is 1. The van der Waals surface area contributed by atoms with Crippen molar-refractivity contribution in [3.8, 4) is 0 Å². The van der Waals surface area contributed by atoms with E-state index in [0.717, 1.165) is 23.4 Å². The maximum absolute atomic E-state index is 12.3. The van der Waals surface area contributed by atoms with E-state index in [2.05, 4.69) is 5.32 Å². The molecule has 1 aromatic carbocycles. The predicted molar refractivity (Wildman–Crippen MR) is 79.9 cm³/mol. The predicted octanol–water partition coefficient (Wildman–Crippen LogP) is 3.24. The SMILES string of the molecule is CSc1ccc(NC(=O)[C@@H]2CCCC[C@H]2C(=O)O)cc1. The van der Waals surface area contributed by atoms with Gasteiger partial charge in [-0.2, -0.15) is 0 Å². The first kappa shape index (κ1) is 14.9. The van der Waals surface area contributed by atoms with Crippen LogP contribution in [0.15, 0.2) is 29.2 Å². The number of rotatable bonds is 4. The highest BCUT2D eigenvalue weighted by Crippen LogP contribution is 2.31. The fourth-order valence-corrected chi connectivity index (χ4v) is 3.06. The molecule has 2 atom stereocenters. The van der Waals surface area contributed by atoms with E-state index >= 15 is 0 Å². The fraction of sp³-hybridized carbons (Fsp3) is 0.467. The molecule has 0 unspecified atom stereocenters. The van der Waals surface area contributed by atoms with E-state index in [1.165, 1.54) is 0 Å². The number of carboxylic acid groups (broad SMARTS) is 1. The lowest BCUT2D eigenvalue weighted by atomic mass is 9.78. The van der Waals surface area contributed by atoms with Gasteiger partial charge in [0.1, 0.15) is 0 Å². The van der Waals surface area contributed by atoms with Crippen LogP contribution < -0.4 is 5.32 Å². The molecule has 20 heavy (non-hydrogen) atoms. The van der Waals surface area contributed by atoms with Crippen molar-refractivity contribution in [1.29, 1.82) is 0 Å². The number of nitrogens with one attached hydrogen (secondary N) is 1. The van der Waals surface area contributed by atoms with E-state index < -0.39 is 17.8 Å². The summed E-state index contributed by atoms with van der Waals surface area (Å²) in [5.41, 5.74) is 0.725. The van der Waals surface area contributed by atoms with Crippen molar-refractivity contribution < 1.29 is 14.7 Å². The van der Waals surface area contributed by atoms with Crippen molar-refractivity contribution in [1.82, 2.24) is 0 Å². The normalized spacial score (nSPS) is 22.2. The van der Waals surface area contributed by atoms with Gasteiger partial charge in [-0.05, 0) is 43.4 Å². The number of hydrogen-bond donors (Lipinski definition) is 2. The number of carbonyl (C=O) groups excluding carboxylic acids is 1. The molecule has 1 aliphatic rings. The molecular formula is C15H19NO3S. The van der Waals surface area contributed by atoms with Crippen LogP contribution in [0.4, 0.5) is 5.69 Å². The average Bonchev–Trinajstić information content (AvgIpc) is 2.48. The number of anilines is 1. The molecule has 0 aromatic heterocycles. The molecule has 1 saturated carbocycles. The highest BCUT2D eigenvalue weighted by molar-refractivity contribution is 7.98. The number of aliphatic carboxylic acids is 1. The van der Waals surface area contributed by atoms with Crippen LogP contribution in [0.3, 0.4) is 0 Å². The van der Waals surface area contributed by atoms with Crippen LogP contribution in [0.1, 0.15) is 25.7 Å². The third-order valence-corrected chi connectivity index (χ3v) is 4.52. The lowest BCUT2D eigenvalue weighted by Crippen LogP contribution is -2.36. The maximum atomic E-state index is 12.3. The van der Waals surface area contributed by atoms with Gasteiger partial charge >= 0.3 is 5.97 Å². The molecule has 1 aromatic rings. The highest BCUT2D eigenvalue weighted by atomic mass is 32.2. The molecule has 0 saturated heterocycles. The Morgan fingerprint density at radius 3 is 2.30 bits per heavy atom. The van der Waals surface area contributed by atoms with Gasteiger partial charge in [0.15, 0.2) is 0 Å². The molecule has 1 amide bonds. The molecule has 2 N–H and O–H groups in total. The topological polar surface area (TPSA) is 66.4 Å². The molecule has 4 nitrogen and oxygen atoms in total. The summed E-state index contributed by atoms with van der Waals surface area (Å²) in [5, 5.41) is 12.0. The minimum atomic E-state index is -0.859. The van der Waals surface area contributed by atoms with Gasteiger partial charge in [-0.25, -0.2) is 0 Å². The third kappa shape index (κ3) is 3.54. The van der Waals surface area contributed by atoms with Crippen molar-refractivity contribution in [3.05, 3.63) is 24.3 Å². The Labute approximate surface area is 123 Å².